The first-order chi connectivity index (χ1) is 8.87. The molecule has 0 aromatic heterocycles. The number of hydrogen-bond donors (Lipinski definition) is 2. The van der Waals surface area contributed by atoms with Crippen molar-refractivity contribution in [2.24, 2.45) is 0 Å². The summed E-state index contributed by atoms with van der Waals surface area (Å²) in [5, 5.41) is 12.8. The third-order valence-electron chi connectivity index (χ3n) is 2.85. The number of hydrogen-bond acceptors (Lipinski definition) is 2. The molecule has 1 aromatic rings. The van der Waals surface area contributed by atoms with Crippen LogP contribution in [-0.2, 0) is 11.2 Å². The quantitative estimate of drug-likeness (QED) is 0.753. The summed E-state index contributed by atoms with van der Waals surface area (Å²) in [6.45, 7) is 6.62. The van der Waals surface area contributed by atoms with Gasteiger partial charge in [-0.3, -0.25) is 4.79 Å². The van der Waals surface area contributed by atoms with Gasteiger partial charge in [0, 0.05) is 6.17 Å². The maximum absolute atomic E-state index is 11.7. The molecule has 0 saturated carbocycles. The SMILES string of the molecule is C[Si](C)(C)CNC(=O)CC(O)CCc1ccccc1. The number of aryl methyl sites for hydroxylation is 1. The van der Waals surface area contributed by atoms with E-state index >= 15 is 0 Å². The molecule has 0 radical (unpaired) electrons. The lowest BCUT2D eigenvalue weighted by Gasteiger charge is -2.17. The van der Waals surface area contributed by atoms with Crippen LogP contribution >= 0.6 is 0 Å². The number of rotatable bonds is 7. The first kappa shape index (κ1) is 15.9. The lowest BCUT2D eigenvalue weighted by molar-refractivity contribution is -0.122. The molecular weight excluding hydrogens is 254 g/mol. The highest BCUT2D eigenvalue weighted by atomic mass is 28.3. The molecule has 0 bridgehead atoms. The molecule has 0 aliphatic rings. The molecule has 19 heavy (non-hydrogen) atoms. The lowest BCUT2D eigenvalue weighted by atomic mass is 10.1. The van der Waals surface area contributed by atoms with Crippen LogP contribution in [0.4, 0.5) is 0 Å². The number of amides is 1. The summed E-state index contributed by atoms with van der Waals surface area (Å²) < 4.78 is 0. The molecule has 0 heterocycles. The van der Waals surface area contributed by atoms with Crippen molar-refractivity contribution >= 4 is 14.0 Å². The molecule has 0 saturated heterocycles. The Morgan fingerprint density at radius 3 is 2.47 bits per heavy atom. The summed E-state index contributed by atoms with van der Waals surface area (Å²) >= 11 is 0. The van der Waals surface area contributed by atoms with E-state index in [1.165, 1.54) is 5.56 Å². The minimum absolute atomic E-state index is 0.0389. The van der Waals surface area contributed by atoms with Gasteiger partial charge in [-0.25, -0.2) is 0 Å². The lowest BCUT2D eigenvalue weighted by Crippen LogP contribution is -2.40. The van der Waals surface area contributed by atoms with Crippen molar-refractivity contribution < 1.29 is 9.90 Å². The van der Waals surface area contributed by atoms with Crippen molar-refractivity contribution in [3.05, 3.63) is 35.9 Å². The average molecular weight is 279 g/mol. The van der Waals surface area contributed by atoms with Gasteiger partial charge in [0.15, 0.2) is 0 Å². The van der Waals surface area contributed by atoms with Crippen LogP contribution in [0.25, 0.3) is 0 Å². The van der Waals surface area contributed by atoms with Gasteiger partial charge in [0.1, 0.15) is 0 Å². The Morgan fingerprint density at radius 2 is 1.89 bits per heavy atom. The van der Waals surface area contributed by atoms with Gasteiger partial charge >= 0.3 is 0 Å². The predicted molar refractivity (Wildman–Crippen MR) is 81.7 cm³/mol. The number of aliphatic hydroxyl groups is 1. The van der Waals surface area contributed by atoms with E-state index in [1.807, 2.05) is 30.3 Å². The monoisotopic (exact) mass is 279 g/mol. The van der Waals surface area contributed by atoms with E-state index in [1.54, 1.807) is 0 Å². The van der Waals surface area contributed by atoms with Crippen LogP contribution in [0.15, 0.2) is 30.3 Å². The minimum Gasteiger partial charge on any atom is -0.393 e. The van der Waals surface area contributed by atoms with E-state index in [-0.39, 0.29) is 12.3 Å². The van der Waals surface area contributed by atoms with E-state index < -0.39 is 14.2 Å². The second-order valence-electron chi connectivity index (χ2n) is 6.22. The van der Waals surface area contributed by atoms with Crippen LogP contribution in [0, 0.1) is 0 Å². The van der Waals surface area contributed by atoms with E-state index in [0.29, 0.717) is 6.42 Å². The smallest absolute Gasteiger partial charge is 0.222 e. The van der Waals surface area contributed by atoms with E-state index in [2.05, 4.69) is 25.0 Å². The average Bonchev–Trinajstić information content (AvgIpc) is 2.34. The first-order valence-corrected chi connectivity index (χ1v) is 10.6. The summed E-state index contributed by atoms with van der Waals surface area (Å²) in [6.07, 6.45) is 1.87. The fourth-order valence-corrected chi connectivity index (χ4v) is 2.46. The maximum atomic E-state index is 11.7. The van der Waals surface area contributed by atoms with Gasteiger partial charge in [0.05, 0.1) is 20.6 Å². The normalized spacial score (nSPS) is 13.1. The molecule has 0 aliphatic heterocycles. The summed E-state index contributed by atoms with van der Waals surface area (Å²) in [5.74, 6) is -0.0389. The Balaban J connectivity index is 2.24. The Bertz CT molecular complexity index is 387. The molecule has 4 heteroatoms. The standard InChI is InChI=1S/C15H25NO2Si/c1-19(2,3)12-16-15(18)11-14(17)10-9-13-7-5-4-6-8-13/h4-8,14,17H,9-12H2,1-3H3,(H,16,18). The molecule has 2 N–H and O–H groups in total. The summed E-state index contributed by atoms with van der Waals surface area (Å²) in [6, 6.07) is 10.0. The number of carbonyl (C=O) groups is 1. The molecule has 106 valence electrons. The molecule has 1 unspecified atom stereocenters. The van der Waals surface area contributed by atoms with Crippen molar-refractivity contribution in [3.8, 4) is 0 Å². The third kappa shape index (κ3) is 7.80. The molecule has 1 aromatic carbocycles. The molecule has 1 rings (SSSR count). The van der Waals surface area contributed by atoms with Crippen LogP contribution < -0.4 is 5.32 Å². The fraction of sp³-hybridized carbons (Fsp3) is 0.533. The second-order valence-corrected chi connectivity index (χ2v) is 11.7. The van der Waals surface area contributed by atoms with Crippen LogP contribution in [0.5, 0.6) is 0 Å². The maximum Gasteiger partial charge on any atom is 0.222 e. The van der Waals surface area contributed by atoms with Crippen molar-refractivity contribution in [3.63, 3.8) is 0 Å². The van der Waals surface area contributed by atoms with Gasteiger partial charge in [-0.2, -0.15) is 0 Å². The molecular formula is C15H25NO2Si. The molecule has 1 atom stereocenters. The second kappa shape index (κ2) is 7.45. The molecule has 0 aliphatic carbocycles. The first-order valence-electron chi connectivity index (χ1n) is 6.85. The van der Waals surface area contributed by atoms with Gasteiger partial charge < -0.3 is 10.4 Å². The zero-order valence-electron chi connectivity index (χ0n) is 12.1. The highest BCUT2D eigenvalue weighted by molar-refractivity contribution is 6.76. The van der Waals surface area contributed by atoms with Gasteiger partial charge in [-0.15, -0.1) is 0 Å². The van der Waals surface area contributed by atoms with E-state index in [4.69, 9.17) is 0 Å². The van der Waals surface area contributed by atoms with E-state index in [0.717, 1.165) is 12.6 Å². The summed E-state index contributed by atoms with van der Waals surface area (Å²) in [7, 11) is -1.26. The Morgan fingerprint density at radius 1 is 1.26 bits per heavy atom. The Labute approximate surface area is 117 Å². The Hall–Kier alpha value is -1.13. The molecule has 0 fully saturated rings. The largest absolute Gasteiger partial charge is 0.393 e. The molecule has 0 spiro atoms. The zero-order chi connectivity index (χ0) is 14.3. The predicted octanol–water partition coefficient (Wildman–Crippen LogP) is 2.36. The minimum atomic E-state index is -1.26. The van der Waals surface area contributed by atoms with Crippen molar-refractivity contribution in [1.82, 2.24) is 5.32 Å². The fourth-order valence-electron chi connectivity index (χ4n) is 1.73. The van der Waals surface area contributed by atoms with Crippen LogP contribution in [0.1, 0.15) is 18.4 Å². The molecule has 3 nitrogen and oxygen atoms in total. The van der Waals surface area contributed by atoms with Crippen LogP contribution in [-0.4, -0.2) is 31.4 Å². The van der Waals surface area contributed by atoms with Gasteiger partial charge in [0.25, 0.3) is 0 Å². The van der Waals surface area contributed by atoms with Gasteiger partial charge in [0.2, 0.25) is 5.91 Å². The van der Waals surface area contributed by atoms with Crippen molar-refractivity contribution in [1.29, 1.82) is 0 Å². The highest BCUT2D eigenvalue weighted by Crippen LogP contribution is 2.07. The third-order valence-corrected chi connectivity index (χ3v) is 4.08. The topological polar surface area (TPSA) is 49.3 Å². The zero-order valence-corrected chi connectivity index (χ0v) is 13.1. The highest BCUT2D eigenvalue weighted by Gasteiger charge is 2.16. The molecule has 1 amide bonds. The van der Waals surface area contributed by atoms with Crippen LogP contribution in [0.3, 0.4) is 0 Å². The van der Waals surface area contributed by atoms with Crippen LogP contribution in [0.2, 0.25) is 19.6 Å². The van der Waals surface area contributed by atoms with Gasteiger partial charge in [-0.05, 0) is 18.4 Å². The van der Waals surface area contributed by atoms with E-state index in [9.17, 15) is 9.90 Å². The summed E-state index contributed by atoms with van der Waals surface area (Å²) in [5.41, 5.74) is 1.20. The number of nitrogens with one attached hydrogen (secondary N) is 1. The number of carbonyl (C=O) groups excluding carboxylic acids is 1. The number of benzene rings is 1. The Kier molecular flexibility index (Phi) is 6.25. The van der Waals surface area contributed by atoms with Crippen molar-refractivity contribution in [2.75, 3.05) is 6.17 Å². The van der Waals surface area contributed by atoms with Gasteiger partial charge in [-0.1, -0.05) is 50.0 Å². The summed E-state index contributed by atoms with van der Waals surface area (Å²) in [4.78, 5) is 11.7. The van der Waals surface area contributed by atoms with Crippen molar-refractivity contribution in [2.45, 2.75) is 45.0 Å². The number of aliphatic hydroxyl groups excluding tert-OH is 1.